The predicted octanol–water partition coefficient (Wildman–Crippen LogP) is 0.367. The van der Waals surface area contributed by atoms with Gasteiger partial charge in [-0.3, -0.25) is 19.3 Å². The van der Waals surface area contributed by atoms with Crippen molar-refractivity contribution in [1.82, 2.24) is 4.90 Å². The summed E-state index contributed by atoms with van der Waals surface area (Å²) in [7, 11) is 6.44. The SMILES string of the molecule is CN(C)c1cc(-c2ccc3c(c2)OCO3)c(O)c2c1C[C@@]1(N)C[C@@]3(N)[C@H](N(C)C)C(=O)C(C(N)=O)=C(O)[C@@]3(C#N)C(=O)C1=C2O. The van der Waals surface area contributed by atoms with E-state index < -0.39 is 69.1 Å². The number of aliphatic hydroxyl groups is 2. The van der Waals surface area contributed by atoms with Gasteiger partial charge in [0.25, 0.3) is 5.91 Å². The van der Waals surface area contributed by atoms with Gasteiger partial charge in [0.2, 0.25) is 6.79 Å². The lowest BCUT2D eigenvalue weighted by atomic mass is 9.47. The zero-order valence-corrected chi connectivity index (χ0v) is 25.0. The summed E-state index contributed by atoms with van der Waals surface area (Å²) in [5, 5.41) is 45.6. The van der Waals surface area contributed by atoms with Crippen LogP contribution in [0.25, 0.3) is 16.9 Å². The molecule has 2 aromatic carbocycles. The number of amides is 1. The Morgan fingerprint density at radius 2 is 1.73 bits per heavy atom. The Labute approximate surface area is 257 Å². The molecule has 234 valence electrons. The Morgan fingerprint density at radius 3 is 2.33 bits per heavy atom. The third-order valence-corrected chi connectivity index (χ3v) is 9.39. The van der Waals surface area contributed by atoms with E-state index in [1.807, 2.05) is 0 Å². The van der Waals surface area contributed by atoms with Crippen LogP contribution in [0.4, 0.5) is 5.69 Å². The van der Waals surface area contributed by atoms with E-state index in [-0.39, 0.29) is 30.1 Å². The van der Waals surface area contributed by atoms with Gasteiger partial charge >= 0.3 is 0 Å². The van der Waals surface area contributed by atoms with Crippen molar-refractivity contribution >= 4 is 28.9 Å². The molecular weight excluding hydrogens is 584 g/mol. The van der Waals surface area contributed by atoms with Crippen LogP contribution in [0.2, 0.25) is 0 Å². The van der Waals surface area contributed by atoms with E-state index in [1.165, 1.54) is 19.0 Å². The summed E-state index contributed by atoms with van der Waals surface area (Å²) in [5.74, 6) is -4.87. The number of aliphatic hydroxyl groups excluding tert-OH is 2. The lowest BCUT2D eigenvalue weighted by Crippen LogP contribution is -2.80. The number of phenolic OH excluding ortho intramolecular Hbond substituents is 1. The third-order valence-electron chi connectivity index (χ3n) is 9.39. The lowest BCUT2D eigenvalue weighted by Gasteiger charge is -2.58. The maximum absolute atomic E-state index is 14.6. The second-order valence-electron chi connectivity index (χ2n) is 12.4. The predicted molar refractivity (Wildman–Crippen MR) is 160 cm³/mol. The number of phenols is 1. The highest BCUT2D eigenvalue weighted by Crippen LogP contribution is 2.59. The maximum Gasteiger partial charge on any atom is 0.255 e. The summed E-state index contributed by atoms with van der Waals surface area (Å²) >= 11 is 0. The summed E-state index contributed by atoms with van der Waals surface area (Å²) < 4.78 is 10.9. The van der Waals surface area contributed by atoms with Crippen LogP contribution in [-0.4, -0.2) is 89.8 Å². The average Bonchev–Trinajstić information content (AvgIpc) is 3.40. The molecule has 0 saturated heterocycles. The molecule has 1 amide bonds. The highest BCUT2D eigenvalue weighted by atomic mass is 16.7. The molecule has 0 bridgehead atoms. The molecular formula is C31H32N6O8. The molecule has 45 heavy (non-hydrogen) atoms. The van der Waals surface area contributed by atoms with Crippen LogP contribution < -0.4 is 31.6 Å². The third kappa shape index (κ3) is 3.62. The van der Waals surface area contributed by atoms with Crippen LogP contribution in [0.1, 0.15) is 17.5 Å². The molecule has 0 radical (unpaired) electrons. The zero-order valence-electron chi connectivity index (χ0n) is 25.0. The second kappa shape index (κ2) is 9.45. The Kier molecular flexibility index (Phi) is 6.29. The zero-order chi connectivity index (χ0) is 33.0. The number of carbonyl (C=O) groups excluding carboxylic acids is 3. The quantitative estimate of drug-likeness (QED) is 0.255. The smallest absolute Gasteiger partial charge is 0.255 e. The second-order valence-corrected chi connectivity index (χ2v) is 12.4. The van der Waals surface area contributed by atoms with Crippen molar-refractivity contribution in [1.29, 1.82) is 5.26 Å². The topological polar surface area (TPSA) is 239 Å². The van der Waals surface area contributed by atoms with Gasteiger partial charge in [-0.2, -0.15) is 5.26 Å². The highest BCUT2D eigenvalue weighted by molar-refractivity contribution is 6.25. The Morgan fingerprint density at radius 1 is 1.07 bits per heavy atom. The van der Waals surface area contributed by atoms with Crippen LogP contribution in [0, 0.1) is 16.7 Å². The monoisotopic (exact) mass is 616 g/mol. The summed E-state index contributed by atoms with van der Waals surface area (Å²) in [4.78, 5) is 43.7. The number of likely N-dealkylation sites (N-methyl/N-ethyl adjacent to an activating group) is 1. The molecule has 0 aromatic heterocycles. The molecule has 1 saturated carbocycles. The number of ether oxygens (including phenoxy) is 2. The Hall–Kier alpha value is -5.10. The molecule has 2 aromatic rings. The van der Waals surface area contributed by atoms with Crippen molar-refractivity contribution in [3.05, 3.63) is 52.3 Å². The van der Waals surface area contributed by atoms with Crippen LogP contribution in [0.5, 0.6) is 17.2 Å². The highest BCUT2D eigenvalue weighted by Gasteiger charge is 2.74. The summed E-state index contributed by atoms with van der Waals surface area (Å²) in [6, 6.07) is 7.04. The van der Waals surface area contributed by atoms with Gasteiger partial charge < -0.3 is 46.9 Å². The van der Waals surface area contributed by atoms with Crippen molar-refractivity contribution in [2.75, 3.05) is 39.9 Å². The molecule has 4 aliphatic rings. The van der Waals surface area contributed by atoms with Gasteiger partial charge in [-0.1, -0.05) is 6.07 Å². The van der Waals surface area contributed by atoms with Gasteiger partial charge in [0.1, 0.15) is 22.8 Å². The van der Waals surface area contributed by atoms with Crippen LogP contribution in [-0.2, 0) is 20.8 Å². The molecule has 1 aliphatic heterocycles. The first kappa shape index (κ1) is 29.9. The van der Waals surface area contributed by atoms with Crippen LogP contribution >= 0.6 is 0 Å². The number of anilines is 1. The number of nitrogens with two attached hydrogens (primary N) is 3. The Balaban J connectivity index is 1.66. The average molecular weight is 617 g/mol. The van der Waals surface area contributed by atoms with Gasteiger partial charge in [-0.25, -0.2) is 0 Å². The van der Waals surface area contributed by atoms with E-state index in [0.29, 0.717) is 28.3 Å². The van der Waals surface area contributed by atoms with Gasteiger partial charge in [0, 0.05) is 25.3 Å². The molecule has 1 heterocycles. The molecule has 0 unspecified atom stereocenters. The largest absolute Gasteiger partial charge is 0.509 e. The summed E-state index contributed by atoms with van der Waals surface area (Å²) in [6.07, 6.45) is -0.613. The number of primary amides is 1. The van der Waals surface area contributed by atoms with Crippen molar-refractivity contribution in [3.63, 3.8) is 0 Å². The number of hydrogen-bond donors (Lipinski definition) is 6. The Bertz CT molecular complexity index is 1860. The molecule has 0 spiro atoms. The molecule has 9 N–H and O–H groups in total. The number of aromatic hydroxyl groups is 1. The number of nitriles is 1. The number of benzene rings is 2. The fourth-order valence-corrected chi connectivity index (χ4v) is 7.56. The molecule has 6 rings (SSSR count). The van der Waals surface area contributed by atoms with Crippen LogP contribution in [0.3, 0.4) is 0 Å². The first-order valence-corrected chi connectivity index (χ1v) is 13.9. The minimum absolute atomic E-state index is 0.0355. The van der Waals surface area contributed by atoms with Crippen molar-refractivity contribution in [2.45, 2.75) is 30.0 Å². The van der Waals surface area contributed by atoms with Gasteiger partial charge in [0.05, 0.1) is 34.3 Å². The fourth-order valence-electron chi connectivity index (χ4n) is 7.56. The standard InChI is InChI=1S/C31H32N6O8/c1-36(2)16-8-14(13-5-6-17-18(7-13)45-12-44-17)22(38)19-15(16)9-29(34)10-31(35)25(37(3)4)24(40)20(28(33)43)26(41)30(31,11-32)27(42)21(29)23(19)39/h5-8,25,38-39,41H,9-10,12,34-35H2,1-4H3,(H2,33,43)/t25-,29-,30+,31-/m1/s1. The number of rotatable bonds is 4. The van der Waals surface area contributed by atoms with E-state index >= 15 is 0 Å². The summed E-state index contributed by atoms with van der Waals surface area (Å²) in [6.45, 7) is 0.0355. The normalized spacial score (nSPS) is 28.4. The summed E-state index contributed by atoms with van der Waals surface area (Å²) in [5.41, 5.74) is 12.8. The maximum atomic E-state index is 14.6. The van der Waals surface area contributed by atoms with E-state index in [1.54, 1.807) is 49.3 Å². The fraction of sp³-hybridized carbons (Fsp3) is 0.355. The van der Waals surface area contributed by atoms with Gasteiger partial charge in [-0.15, -0.1) is 0 Å². The molecule has 14 nitrogen and oxygen atoms in total. The number of Topliss-reactive ketones (excluding diaryl/α,β-unsaturated/α-hetero) is 2. The van der Waals surface area contributed by atoms with E-state index in [4.69, 9.17) is 26.7 Å². The van der Waals surface area contributed by atoms with Gasteiger partial charge in [0.15, 0.2) is 28.5 Å². The van der Waals surface area contributed by atoms with Crippen molar-refractivity contribution in [3.8, 4) is 34.4 Å². The lowest BCUT2D eigenvalue weighted by molar-refractivity contribution is -0.139. The van der Waals surface area contributed by atoms with E-state index in [9.17, 15) is 35.0 Å². The number of fused-ring (bicyclic) bond motifs is 4. The molecule has 14 heteroatoms. The molecule has 1 fully saturated rings. The van der Waals surface area contributed by atoms with Crippen molar-refractivity contribution < 1.29 is 39.2 Å². The van der Waals surface area contributed by atoms with Gasteiger partial charge in [-0.05, 0) is 56.3 Å². The first-order chi connectivity index (χ1) is 21.1. The van der Waals surface area contributed by atoms with Crippen LogP contribution in [0.15, 0.2) is 41.2 Å². The first-order valence-electron chi connectivity index (χ1n) is 13.9. The number of carbonyl (C=O) groups is 3. The minimum atomic E-state index is -2.74. The van der Waals surface area contributed by atoms with E-state index in [2.05, 4.69) is 0 Å². The molecule has 4 atom stereocenters. The van der Waals surface area contributed by atoms with E-state index in [0.717, 1.165) is 0 Å². The number of ketones is 2. The molecule has 3 aliphatic carbocycles. The minimum Gasteiger partial charge on any atom is -0.509 e. The number of hydrogen-bond acceptors (Lipinski definition) is 13. The number of nitrogens with zero attached hydrogens (tertiary/aromatic N) is 3. The van der Waals surface area contributed by atoms with Crippen molar-refractivity contribution in [2.24, 2.45) is 22.6 Å².